The predicted octanol–water partition coefficient (Wildman–Crippen LogP) is 3.30. The molecule has 0 fully saturated rings. The van der Waals surface area contributed by atoms with E-state index in [1.807, 2.05) is 0 Å². The highest BCUT2D eigenvalue weighted by atomic mass is 16.5. The largest absolute Gasteiger partial charge is 0.345 e. The van der Waals surface area contributed by atoms with Gasteiger partial charge in [0.2, 0.25) is 0 Å². The molecule has 0 amide bonds. The lowest BCUT2D eigenvalue weighted by Gasteiger charge is -2.48. The van der Waals surface area contributed by atoms with Gasteiger partial charge in [-0.3, -0.25) is 0 Å². The summed E-state index contributed by atoms with van der Waals surface area (Å²) in [4.78, 5) is 4.44. The van der Waals surface area contributed by atoms with Crippen LogP contribution in [0.25, 0.3) is 0 Å². The normalized spacial score (nSPS) is 23.9. The number of benzene rings is 2. The Balaban J connectivity index is 1.95. The number of para-hydroxylation sites is 2. The van der Waals surface area contributed by atoms with Gasteiger partial charge in [0.25, 0.3) is 0 Å². The number of rotatable bonds is 0. The third kappa shape index (κ3) is 1.36. The Kier molecular flexibility index (Phi) is 2.15. The molecule has 0 saturated carbocycles. The average Bonchev–Trinajstić information content (AvgIpc) is 2.47. The van der Waals surface area contributed by atoms with Crippen LogP contribution in [-0.2, 0) is 4.74 Å². The first kappa shape index (κ1) is 10.9. The van der Waals surface area contributed by atoms with Crippen molar-refractivity contribution in [2.75, 3.05) is 23.9 Å². The van der Waals surface area contributed by atoms with Crippen molar-refractivity contribution in [2.24, 2.45) is 0 Å². The van der Waals surface area contributed by atoms with Gasteiger partial charge in [0, 0.05) is 36.6 Å². The molecule has 2 aliphatic heterocycles. The third-order valence-electron chi connectivity index (χ3n) is 4.13. The molecule has 2 aromatic carbocycles. The first-order valence-corrected chi connectivity index (χ1v) is 6.56. The molecule has 0 N–H and O–H groups in total. The maximum atomic E-state index is 6.25. The SMILES string of the molecule is CN1c2ccccc2[C@@H]2OC1c1ccccc1N2C. The summed E-state index contributed by atoms with van der Waals surface area (Å²) in [6.45, 7) is 0. The molecule has 2 aromatic rings. The van der Waals surface area contributed by atoms with Gasteiger partial charge in [-0.05, 0) is 12.1 Å². The smallest absolute Gasteiger partial charge is 0.161 e. The van der Waals surface area contributed by atoms with Crippen LogP contribution < -0.4 is 9.80 Å². The summed E-state index contributed by atoms with van der Waals surface area (Å²) in [6, 6.07) is 17.0. The summed E-state index contributed by atoms with van der Waals surface area (Å²) in [6.07, 6.45) is 0.0135. The molecule has 1 unspecified atom stereocenters. The lowest BCUT2D eigenvalue weighted by Crippen LogP contribution is -2.43. The van der Waals surface area contributed by atoms with Crippen LogP contribution in [0.4, 0.5) is 11.4 Å². The Morgan fingerprint density at radius 2 is 1.16 bits per heavy atom. The molecule has 96 valence electrons. The first-order valence-electron chi connectivity index (χ1n) is 6.56. The van der Waals surface area contributed by atoms with Crippen LogP contribution in [0.3, 0.4) is 0 Å². The molecule has 19 heavy (non-hydrogen) atoms. The summed E-state index contributed by atoms with van der Waals surface area (Å²) in [5, 5.41) is 0. The summed E-state index contributed by atoms with van der Waals surface area (Å²) in [5.74, 6) is 0. The molecule has 2 aliphatic rings. The van der Waals surface area contributed by atoms with Crippen molar-refractivity contribution in [3.05, 3.63) is 59.7 Å². The summed E-state index contributed by atoms with van der Waals surface area (Å²) >= 11 is 0. The van der Waals surface area contributed by atoms with E-state index in [-0.39, 0.29) is 12.5 Å². The Morgan fingerprint density at radius 3 is 1.63 bits per heavy atom. The van der Waals surface area contributed by atoms with E-state index in [2.05, 4.69) is 72.4 Å². The number of hydrogen-bond acceptors (Lipinski definition) is 3. The zero-order valence-corrected chi connectivity index (χ0v) is 11.1. The number of anilines is 2. The van der Waals surface area contributed by atoms with Crippen LogP contribution >= 0.6 is 0 Å². The molecule has 2 bridgehead atoms. The quantitative estimate of drug-likeness (QED) is 0.715. The minimum Gasteiger partial charge on any atom is -0.345 e. The van der Waals surface area contributed by atoms with E-state index < -0.39 is 0 Å². The van der Waals surface area contributed by atoms with Gasteiger partial charge in [-0.15, -0.1) is 0 Å². The molecule has 0 aliphatic carbocycles. The second kappa shape index (κ2) is 3.75. The minimum absolute atomic E-state index is 0.00676. The second-order valence-electron chi connectivity index (χ2n) is 5.18. The van der Waals surface area contributed by atoms with Crippen molar-refractivity contribution >= 4 is 11.4 Å². The predicted molar refractivity (Wildman–Crippen MR) is 76.3 cm³/mol. The number of hydrogen-bond donors (Lipinski definition) is 0. The fraction of sp³-hybridized carbons (Fsp3) is 0.250. The van der Waals surface area contributed by atoms with E-state index in [9.17, 15) is 0 Å². The topological polar surface area (TPSA) is 15.7 Å². The Labute approximate surface area is 113 Å². The van der Waals surface area contributed by atoms with E-state index in [4.69, 9.17) is 4.74 Å². The Hall–Kier alpha value is -2.00. The fourth-order valence-electron chi connectivity index (χ4n) is 3.16. The standard InChI is InChI=1S/C16H16N2O/c1-17-13-9-5-3-7-11(13)16-18(2)14-10-6-4-8-12(14)15(17)19-16/h3-10,15-16H,1-2H3/t15-,16?/m0/s1. The van der Waals surface area contributed by atoms with Gasteiger partial charge in [0.1, 0.15) is 0 Å². The van der Waals surface area contributed by atoms with Crippen molar-refractivity contribution < 1.29 is 4.74 Å². The minimum atomic E-state index is 0.00676. The number of nitrogens with zero attached hydrogens (tertiary/aromatic N) is 2. The molecular weight excluding hydrogens is 236 g/mol. The van der Waals surface area contributed by atoms with Gasteiger partial charge in [0.15, 0.2) is 12.5 Å². The maximum absolute atomic E-state index is 6.25. The Bertz CT molecular complexity index is 585. The van der Waals surface area contributed by atoms with Crippen molar-refractivity contribution in [2.45, 2.75) is 12.5 Å². The fourth-order valence-corrected chi connectivity index (χ4v) is 3.16. The van der Waals surface area contributed by atoms with Gasteiger partial charge >= 0.3 is 0 Å². The molecular formula is C16H16N2O. The van der Waals surface area contributed by atoms with E-state index in [0.29, 0.717) is 0 Å². The average molecular weight is 252 g/mol. The first-order chi connectivity index (χ1) is 9.27. The monoisotopic (exact) mass is 252 g/mol. The van der Waals surface area contributed by atoms with Crippen molar-refractivity contribution in [1.29, 1.82) is 0 Å². The highest BCUT2D eigenvalue weighted by Gasteiger charge is 2.39. The van der Waals surface area contributed by atoms with Crippen LogP contribution in [-0.4, -0.2) is 14.1 Å². The number of ether oxygens (including phenoxy) is 1. The molecule has 3 heteroatoms. The van der Waals surface area contributed by atoms with Gasteiger partial charge in [-0.2, -0.15) is 0 Å². The van der Waals surface area contributed by atoms with Crippen molar-refractivity contribution in [1.82, 2.24) is 0 Å². The molecule has 4 rings (SSSR count). The maximum Gasteiger partial charge on any atom is 0.161 e. The molecule has 0 aromatic heterocycles. The molecule has 0 saturated heterocycles. The van der Waals surface area contributed by atoms with Crippen LogP contribution in [0, 0.1) is 0 Å². The van der Waals surface area contributed by atoms with Crippen LogP contribution in [0.15, 0.2) is 48.5 Å². The molecule has 3 nitrogen and oxygen atoms in total. The van der Waals surface area contributed by atoms with E-state index >= 15 is 0 Å². The summed E-state index contributed by atoms with van der Waals surface area (Å²) < 4.78 is 6.25. The van der Waals surface area contributed by atoms with Gasteiger partial charge in [-0.25, -0.2) is 0 Å². The van der Waals surface area contributed by atoms with E-state index in [1.165, 1.54) is 22.5 Å². The lowest BCUT2D eigenvalue weighted by molar-refractivity contribution is -0.0329. The summed E-state index contributed by atoms with van der Waals surface area (Å²) in [7, 11) is 4.20. The van der Waals surface area contributed by atoms with Gasteiger partial charge in [0.05, 0.1) is 0 Å². The molecule has 2 heterocycles. The third-order valence-corrected chi connectivity index (χ3v) is 4.13. The zero-order valence-electron chi connectivity index (χ0n) is 11.1. The van der Waals surface area contributed by atoms with E-state index in [0.717, 1.165) is 0 Å². The van der Waals surface area contributed by atoms with Gasteiger partial charge in [-0.1, -0.05) is 36.4 Å². The molecule has 0 spiro atoms. The highest BCUT2D eigenvalue weighted by molar-refractivity contribution is 5.66. The Morgan fingerprint density at radius 1 is 0.737 bits per heavy atom. The zero-order chi connectivity index (χ0) is 13.0. The molecule has 2 atom stereocenters. The van der Waals surface area contributed by atoms with Crippen LogP contribution in [0.2, 0.25) is 0 Å². The highest BCUT2D eigenvalue weighted by Crippen LogP contribution is 2.49. The van der Waals surface area contributed by atoms with Crippen molar-refractivity contribution in [3.8, 4) is 0 Å². The lowest BCUT2D eigenvalue weighted by atomic mass is 9.99. The number of fused-ring (bicyclic) bond motifs is 6. The molecule has 0 radical (unpaired) electrons. The van der Waals surface area contributed by atoms with E-state index in [1.54, 1.807) is 0 Å². The van der Waals surface area contributed by atoms with Crippen molar-refractivity contribution in [3.63, 3.8) is 0 Å². The van der Waals surface area contributed by atoms with Crippen LogP contribution in [0.5, 0.6) is 0 Å². The second-order valence-corrected chi connectivity index (χ2v) is 5.18. The summed E-state index contributed by atoms with van der Waals surface area (Å²) in [5.41, 5.74) is 4.98. The van der Waals surface area contributed by atoms with Gasteiger partial charge < -0.3 is 14.5 Å². The van der Waals surface area contributed by atoms with Crippen LogP contribution in [0.1, 0.15) is 23.6 Å².